The van der Waals surface area contributed by atoms with Crippen LogP contribution in [0.15, 0.2) is 54.3 Å². The fourth-order valence-corrected chi connectivity index (χ4v) is 4.11. The van der Waals surface area contributed by atoms with Crippen LogP contribution in [-0.4, -0.2) is 27.4 Å². The van der Waals surface area contributed by atoms with Gasteiger partial charge >= 0.3 is 0 Å². The molecule has 0 saturated heterocycles. The van der Waals surface area contributed by atoms with Crippen LogP contribution in [0.2, 0.25) is 10.2 Å². The van der Waals surface area contributed by atoms with Gasteiger partial charge in [0, 0.05) is 29.4 Å². The predicted molar refractivity (Wildman–Crippen MR) is 118 cm³/mol. The molecule has 0 spiro atoms. The molecule has 0 aliphatic rings. The topological polar surface area (TPSA) is 79.8 Å². The summed E-state index contributed by atoms with van der Waals surface area (Å²) in [5, 5.41) is 9.82. The third kappa shape index (κ3) is 4.64. The van der Waals surface area contributed by atoms with E-state index in [0.717, 1.165) is 28.0 Å². The molecule has 0 unspecified atom stereocenters. The van der Waals surface area contributed by atoms with Gasteiger partial charge in [0.15, 0.2) is 0 Å². The number of halogens is 2. The molecule has 2 N–H and O–H groups in total. The molecule has 9 heteroatoms. The number of carbonyl (C=O) groups is 1. The number of anilines is 2. The number of amides is 1. The summed E-state index contributed by atoms with van der Waals surface area (Å²) in [6.45, 7) is 0.694. The van der Waals surface area contributed by atoms with Gasteiger partial charge in [-0.2, -0.15) is 0 Å². The number of fused-ring (bicyclic) bond motifs is 1. The molecule has 0 radical (unpaired) electrons. The molecular formula is C20H15Cl2N5OS. The Hall–Kier alpha value is -2.74. The Morgan fingerprint density at radius 3 is 2.69 bits per heavy atom. The molecule has 3 aromatic heterocycles. The predicted octanol–water partition coefficient (Wildman–Crippen LogP) is 5.30. The molecular weight excluding hydrogens is 429 g/mol. The second-order valence-corrected chi connectivity index (χ2v) is 7.83. The van der Waals surface area contributed by atoms with Crippen molar-refractivity contribution in [2.75, 3.05) is 17.2 Å². The van der Waals surface area contributed by atoms with Gasteiger partial charge in [-0.25, -0.2) is 15.0 Å². The van der Waals surface area contributed by atoms with Gasteiger partial charge in [0.05, 0.1) is 10.4 Å². The fraction of sp³-hybridized carbons (Fsp3) is 0.100. The number of thiophene rings is 1. The average molecular weight is 444 g/mol. The van der Waals surface area contributed by atoms with Crippen LogP contribution in [0.5, 0.6) is 0 Å². The van der Waals surface area contributed by atoms with Crippen molar-refractivity contribution in [1.82, 2.24) is 15.0 Å². The Kier molecular flexibility index (Phi) is 5.89. The number of hydrogen-bond donors (Lipinski definition) is 2. The van der Waals surface area contributed by atoms with E-state index in [4.69, 9.17) is 23.2 Å². The highest BCUT2D eigenvalue weighted by molar-refractivity contribution is 7.17. The zero-order valence-corrected chi connectivity index (χ0v) is 17.4. The number of aromatic nitrogens is 3. The summed E-state index contributed by atoms with van der Waals surface area (Å²) in [5.41, 5.74) is 2.30. The van der Waals surface area contributed by atoms with Crippen LogP contribution in [0.1, 0.15) is 15.9 Å². The Bertz CT molecular complexity index is 1160. The molecule has 4 aromatic rings. The lowest BCUT2D eigenvalue weighted by Gasteiger charge is -2.09. The van der Waals surface area contributed by atoms with Crippen molar-refractivity contribution in [1.29, 1.82) is 0 Å². The van der Waals surface area contributed by atoms with Gasteiger partial charge in [-0.15, -0.1) is 11.3 Å². The summed E-state index contributed by atoms with van der Waals surface area (Å²) in [6.07, 6.45) is 3.83. The van der Waals surface area contributed by atoms with Gasteiger partial charge < -0.3 is 10.6 Å². The van der Waals surface area contributed by atoms with Crippen LogP contribution in [0.3, 0.4) is 0 Å². The summed E-state index contributed by atoms with van der Waals surface area (Å²) in [6, 6.07) is 10.8. The van der Waals surface area contributed by atoms with Crippen molar-refractivity contribution in [3.05, 3.63) is 75.6 Å². The molecule has 3 heterocycles. The van der Waals surface area contributed by atoms with Crippen LogP contribution < -0.4 is 10.6 Å². The quantitative estimate of drug-likeness (QED) is 0.395. The number of carbonyl (C=O) groups excluding carboxylic acids is 1. The van der Waals surface area contributed by atoms with Crippen molar-refractivity contribution in [3.8, 4) is 0 Å². The Morgan fingerprint density at radius 1 is 1.07 bits per heavy atom. The van der Waals surface area contributed by atoms with Crippen molar-refractivity contribution in [2.24, 2.45) is 0 Å². The smallest absolute Gasteiger partial charge is 0.255 e. The first-order valence-corrected chi connectivity index (χ1v) is 10.4. The number of benzene rings is 1. The molecule has 4 rings (SSSR count). The molecule has 6 nitrogen and oxygen atoms in total. The summed E-state index contributed by atoms with van der Waals surface area (Å²) in [7, 11) is 0. The van der Waals surface area contributed by atoms with Crippen molar-refractivity contribution in [2.45, 2.75) is 6.42 Å². The highest BCUT2D eigenvalue weighted by atomic mass is 35.5. The molecule has 29 heavy (non-hydrogen) atoms. The zero-order chi connectivity index (χ0) is 20.2. The van der Waals surface area contributed by atoms with Crippen LogP contribution in [0.4, 0.5) is 11.5 Å². The molecule has 0 atom stereocenters. The minimum Gasteiger partial charge on any atom is -0.369 e. The van der Waals surface area contributed by atoms with E-state index < -0.39 is 0 Å². The van der Waals surface area contributed by atoms with E-state index >= 15 is 0 Å². The molecule has 0 aliphatic carbocycles. The summed E-state index contributed by atoms with van der Waals surface area (Å²) >= 11 is 13.6. The van der Waals surface area contributed by atoms with Crippen LogP contribution >= 0.6 is 34.5 Å². The Balaban J connectivity index is 1.35. The molecule has 0 fully saturated rings. The number of nitrogens with one attached hydrogen (secondary N) is 2. The highest BCUT2D eigenvalue weighted by Gasteiger charge is 2.10. The van der Waals surface area contributed by atoms with Crippen LogP contribution in [0, 0.1) is 0 Å². The van der Waals surface area contributed by atoms with E-state index in [1.54, 1.807) is 6.07 Å². The van der Waals surface area contributed by atoms with E-state index in [-0.39, 0.29) is 11.1 Å². The van der Waals surface area contributed by atoms with E-state index in [9.17, 15) is 4.79 Å². The largest absolute Gasteiger partial charge is 0.369 e. The first-order valence-electron chi connectivity index (χ1n) is 8.73. The first-order chi connectivity index (χ1) is 14.1. The lowest BCUT2D eigenvalue weighted by atomic mass is 10.1. The average Bonchev–Trinajstić information content (AvgIpc) is 3.11. The monoisotopic (exact) mass is 443 g/mol. The lowest BCUT2D eigenvalue weighted by molar-refractivity contribution is 0.102. The van der Waals surface area contributed by atoms with Crippen molar-refractivity contribution in [3.63, 3.8) is 0 Å². The maximum Gasteiger partial charge on any atom is 0.255 e. The van der Waals surface area contributed by atoms with Crippen LogP contribution in [0.25, 0.3) is 10.2 Å². The third-order valence-corrected chi connectivity index (χ3v) is 5.75. The van der Waals surface area contributed by atoms with Gasteiger partial charge in [-0.3, -0.25) is 4.79 Å². The maximum absolute atomic E-state index is 12.3. The van der Waals surface area contributed by atoms with E-state index in [1.165, 1.54) is 29.9 Å². The third-order valence-electron chi connectivity index (χ3n) is 4.23. The molecule has 0 aliphatic heterocycles. The van der Waals surface area contributed by atoms with Gasteiger partial charge in [-0.1, -0.05) is 35.3 Å². The van der Waals surface area contributed by atoms with Crippen molar-refractivity contribution < 1.29 is 4.79 Å². The molecule has 0 saturated carbocycles. The number of rotatable bonds is 6. The second kappa shape index (κ2) is 8.73. The first kappa shape index (κ1) is 19.6. The van der Waals surface area contributed by atoms with Gasteiger partial charge in [0.25, 0.3) is 5.91 Å². The fourth-order valence-electron chi connectivity index (χ4n) is 2.80. The normalized spacial score (nSPS) is 10.8. The number of hydrogen-bond acceptors (Lipinski definition) is 6. The molecule has 1 amide bonds. The van der Waals surface area contributed by atoms with Crippen LogP contribution in [-0.2, 0) is 6.42 Å². The molecule has 146 valence electrons. The molecule has 0 bridgehead atoms. The number of nitrogens with zero attached hydrogens (tertiary/aromatic N) is 3. The minimum absolute atomic E-state index is 0.232. The lowest BCUT2D eigenvalue weighted by Crippen LogP contribution is -2.12. The van der Waals surface area contributed by atoms with Gasteiger partial charge in [-0.05, 0) is 36.2 Å². The van der Waals surface area contributed by atoms with E-state index in [0.29, 0.717) is 22.8 Å². The van der Waals surface area contributed by atoms with Gasteiger partial charge in [0.2, 0.25) is 0 Å². The maximum atomic E-state index is 12.3. The summed E-state index contributed by atoms with van der Waals surface area (Å²) < 4.78 is 0. The Morgan fingerprint density at radius 2 is 1.90 bits per heavy atom. The second-order valence-electron chi connectivity index (χ2n) is 6.18. The van der Waals surface area contributed by atoms with Crippen molar-refractivity contribution >= 4 is 62.2 Å². The Labute approximate surface area is 180 Å². The summed E-state index contributed by atoms with van der Waals surface area (Å²) in [4.78, 5) is 25.5. The number of pyridine rings is 1. The standard InChI is InChI=1S/C20H15Cl2N5OS/c21-15-10-29-20-17(15)18(25-11-26-20)24-7-5-12-1-3-14(4-2-12)27-19(28)13-6-8-23-16(22)9-13/h1-4,6,8-11H,5,7H2,(H,27,28)(H,24,25,26). The minimum atomic E-state index is -0.232. The zero-order valence-electron chi connectivity index (χ0n) is 15.0. The van der Waals surface area contributed by atoms with E-state index in [1.807, 2.05) is 29.6 Å². The highest BCUT2D eigenvalue weighted by Crippen LogP contribution is 2.32. The van der Waals surface area contributed by atoms with E-state index in [2.05, 4.69) is 25.6 Å². The molecule has 1 aromatic carbocycles. The summed E-state index contributed by atoms with van der Waals surface area (Å²) in [5.74, 6) is 0.505. The van der Waals surface area contributed by atoms with Gasteiger partial charge in [0.1, 0.15) is 22.1 Å². The SMILES string of the molecule is O=C(Nc1ccc(CCNc2ncnc3scc(Cl)c23)cc1)c1ccnc(Cl)c1.